The van der Waals surface area contributed by atoms with E-state index in [2.05, 4.69) is 10.3 Å². The molecule has 0 bridgehead atoms. The highest BCUT2D eigenvalue weighted by Gasteiger charge is 2.30. The third-order valence-corrected chi connectivity index (χ3v) is 4.14. The van der Waals surface area contributed by atoms with Crippen molar-refractivity contribution in [1.29, 1.82) is 0 Å². The molecule has 0 aliphatic heterocycles. The van der Waals surface area contributed by atoms with Gasteiger partial charge in [0.05, 0.1) is 19.1 Å². The Balaban J connectivity index is 1.83. The van der Waals surface area contributed by atoms with E-state index in [4.69, 9.17) is 4.74 Å². The van der Waals surface area contributed by atoms with Gasteiger partial charge >= 0.3 is 6.18 Å². The number of methoxy groups -OCH3 is 1. The first-order valence-corrected chi connectivity index (χ1v) is 7.90. The largest absolute Gasteiger partial charge is 0.497 e. The summed E-state index contributed by atoms with van der Waals surface area (Å²) >= 11 is 0. The molecule has 0 spiro atoms. The number of aromatic nitrogens is 1. The Hall–Kier alpha value is -2.96. The van der Waals surface area contributed by atoms with Crippen LogP contribution in [0.15, 0.2) is 42.5 Å². The van der Waals surface area contributed by atoms with Crippen LogP contribution in [0, 0.1) is 6.92 Å². The van der Waals surface area contributed by atoms with Gasteiger partial charge in [-0.25, -0.2) is 0 Å². The summed E-state index contributed by atoms with van der Waals surface area (Å²) < 4.78 is 43.6. The number of hydrogen-bond acceptors (Lipinski definition) is 2. The number of alkyl halides is 3. The van der Waals surface area contributed by atoms with Crippen molar-refractivity contribution in [2.45, 2.75) is 19.5 Å². The highest BCUT2D eigenvalue weighted by atomic mass is 19.4. The van der Waals surface area contributed by atoms with Crippen LogP contribution in [0.4, 0.5) is 18.9 Å². The van der Waals surface area contributed by atoms with Gasteiger partial charge in [0.1, 0.15) is 5.75 Å². The highest BCUT2D eigenvalue weighted by molar-refractivity contribution is 5.96. The second-order valence-electron chi connectivity index (χ2n) is 5.94. The third kappa shape index (κ3) is 3.66. The van der Waals surface area contributed by atoms with E-state index in [-0.39, 0.29) is 12.1 Å². The zero-order chi connectivity index (χ0) is 18.9. The molecule has 0 unspecified atom stereocenters. The van der Waals surface area contributed by atoms with Gasteiger partial charge in [-0.1, -0.05) is 6.07 Å². The molecular formula is C19H17F3N2O2. The molecule has 3 aromatic rings. The highest BCUT2D eigenvalue weighted by Crippen LogP contribution is 2.31. The molecule has 0 atom stereocenters. The lowest BCUT2D eigenvalue weighted by molar-refractivity contribution is -0.137. The predicted molar refractivity (Wildman–Crippen MR) is 93.4 cm³/mol. The fourth-order valence-corrected chi connectivity index (χ4v) is 2.86. The summed E-state index contributed by atoms with van der Waals surface area (Å²) in [5, 5.41) is 3.38. The molecule has 26 heavy (non-hydrogen) atoms. The van der Waals surface area contributed by atoms with Crippen LogP contribution >= 0.6 is 0 Å². The standard InChI is InChI=1S/C19H17F3N2O2/c1-11-15(16-9-14(26-2)6-7-17(16)23-11)10-18(25)24-13-5-3-4-12(8-13)19(20,21)22/h3-9,23H,10H2,1-2H3,(H,24,25). The van der Waals surface area contributed by atoms with Crippen molar-refractivity contribution < 1.29 is 22.7 Å². The molecule has 2 aromatic carbocycles. The number of ether oxygens (including phenoxy) is 1. The SMILES string of the molecule is COc1ccc2[nH]c(C)c(CC(=O)Nc3cccc(C(F)(F)F)c3)c2c1. The molecular weight excluding hydrogens is 345 g/mol. The van der Waals surface area contributed by atoms with Crippen LogP contribution in [0.2, 0.25) is 0 Å². The molecule has 1 aromatic heterocycles. The second kappa shape index (κ2) is 6.74. The van der Waals surface area contributed by atoms with Crippen LogP contribution < -0.4 is 10.1 Å². The molecule has 0 aliphatic rings. The molecule has 4 nitrogen and oxygen atoms in total. The molecule has 136 valence electrons. The van der Waals surface area contributed by atoms with Crippen molar-refractivity contribution in [2.24, 2.45) is 0 Å². The van der Waals surface area contributed by atoms with Crippen molar-refractivity contribution in [3.05, 3.63) is 59.3 Å². The van der Waals surface area contributed by atoms with Crippen molar-refractivity contribution >= 4 is 22.5 Å². The summed E-state index contributed by atoms with van der Waals surface area (Å²) in [6.45, 7) is 1.85. The maximum absolute atomic E-state index is 12.8. The number of fused-ring (bicyclic) bond motifs is 1. The number of carbonyl (C=O) groups excluding carboxylic acids is 1. The first-order chi connectivity index (χ1) is 12.3. The number of halogens is 3. The molecule has 1 amide bonds. The van der Waals surface area contributed by atoms with Gasteiger partial charge < -0.3 is 15.0 Å². The second-order valence-corrected chi connectivity index (χ2v) is 5.94. The van der Waals surface area contributed by atoms with Crippen molar-refractivity contribution in [1.82, 2.24) is 4.98 Å². The fourth-order valence-electron chi connectivity index (χ4n) is 2.86. The summed E-state index contributed by atoms with van der Waals surface area (Å²) in [6, 6.07) is 10.1. The molecule has 0 aliphatic carbocycles. The average molecular weight is 362 g/mol. The van der Waals surface area contributed by atoms with E-state index < -0.39 is 17.6 Å². The van der Waals surface area contributed by atoms with Crippen molar-refractivity contribution in [2.75, 3.05) is 12.4 Å². The normalized spacial score (nSPS) is 11.6. The monoisotopic (exact) mass is 362 g/mol. The van der Waals surface area contributed by atoms with Crippen LogP contribution in [0.5, 0.6) is 5.75 Å². The molecule has 2 N–H and O–H groups in total. The van der Waals surface area contributed by atoms with Gasteiger partial charge in [-0.3, -0.25) is 4.79 Å². The van der Waals surface area contributed by atoms with E-state index in [1.165, 1.54) is 12.1 Å². The van der Waals surface area contributed by atoms with Gasteiger partial charge in [-0.15, -0.1) is 0 Å². The molecule has 1 heterocycles. The molecule has 0 saturated heterocycles. The molecule has 0 radical (unpaired) electrons. The molecule has 3 rings (SSSR count). The van der Waals surface area contributed by atoms with E-state index in [1.54, 1.807) is 7.11 Å². The number of hydrogen-bond donors (Lipinski definition) is 2. The number of carbonyl (C=O) groups is 1. The number of benzene rings is 2. The van der Waals surface area contributed by atoms with Gasteiger partial charge in [0.2, 0.25) is 5.91 Å². The minimum atomic E-state index is -4.45. The van der Waals surface area contributed by atoms with Crippen LogP contribution in [-0.2, 0) is 17.4 Å². The Morgan fingerprint density at radius 3 is 2.65 bits per heavy atom. The quantitative estimate of drug-likeness (QED) is 0.708. The van der Waals surface area contributed by atoms with E-state index in [0.717, 1.165) is 34.3 Å². The lowest BCUT2D eigenvalue weighted by Crippen LogP contribution is -2.15. The molecule has 0 fully saturated rings. The summed E-state index contributed by atoms with van der Waals surface area (Å²) in [6.07, 6.45) is -4.42. The Morgan fingerprint density at radius 2 is 1.96 bits per heavy atom. The Labute approximate surface area is 148 Å². The van der Waals surface area contributed by atoms with E-state index in [0.29, 0.717) is 5.75 Å². The van der Waals surface area contributed by atoms with Crippen LogP contribution in [0.25, 0.3) is 10.9 Å². The van der Waals surface area contributed by atoms with E-state index in [1.807, 2.05) is 25.1 Å². The zero-order valence-electron chi connectivity index (χ0n) is 14.2. The van der Waals surface area contributed by atoms with E-state index in [9.17, 15) is 18.0 Å². The molecule has 0 saturated carbocycles. The smallest absolute Gasteiger partial charge is 0.416 e. The maximum Gasteiger partial charge on any atom is 0.416 e. The number of aryl methyl sites for hydroxylation is 1. The first-order valence-electron chi connectivity index (χ1n) is 7.90. The number of aromatic amines is 1. The average Bonchev–Trinajstić information content (AvgIpc) is 2.89. The predicted octanol–water partition coefficient (Wildman–Crippen LogP) is 4.68. The number of nitrogens with one attached hydrogen (secondary N) is 2. The Morgan fingerprint density at radius 1 is 1.19 bits per heavy atom. The van der Waals surface area contributed by atoms with Crippen molar-refractivity contribution in [3.8, 4) is 5.75 Å². The summed E-state index contributed by atoms with van der Waals surface area (Å²) in [5.41, 5.74) is 1.78. The first kappa shape index (κ1) is 17.8. The summed E-state index contributed by atoms with van der Waals surface area (Å²) in [7, 11) is 1.56. The lowest BCUT2D eigenvalue weighted by Gasteiger charge is -2.10. The van der Waals surface area contributed by atoms with Gasteiger partial charge in [-0.2, -0.15) is 13.2 Å². The van der Waals surface area contributed by atoms with Gasteiger partial charge in [0.15, 0.2) is 0 Å². The number of anilines is 1. The Kier molecular flexibility index (Phi) is 4.63. The number of H-pyrrole nitrogens is 1. The number of rotatable bonds is 4. The van der Waals surface area contributed by atoms with Crippen LogP contribution in [-0.4, -0.2) is 18.0 Å². The summed E-state index contributed by atoms with van der Waals surface area (Å²) in [5.74, 6) is 0.271. The number of amides is 1. The van der Waals surface area contributed by atoms with E-state index >= 15 is 0 Å². The third-order valence-electron chi connectivity index (χ3n) is 4.14. The minimum Gasteiger partial charge on any atom is -0.497 e. The lowest BCUT2D eigenvalue weighted by atomic mass is 10.1. The van der Waals surface area contributed by atoms with Gasteiger partial charge in [0.25, 0.3) is 0 Å². The summed E-state index contributed by atoms with van der Waals surface area (Å²) in [4.78, 5) is 15.5. The Bertz CT molecular complexity index is 961. The fraction of sp³-hybridized carbons (Fsp3) is 0.211. The van der Waals surface area contributed by atoms with Gasteiger partial charge in [0, 0.05) is 22.3 Å². The van der Waals surface area contributed by atoms with Crippen LogP contribution in [0.1, 0.15) is 16.8 Å². The minimum absolute atomic E-state index is 0.0370. The van der Waals surface area contributed by atoms with Crippen LogP contribution in [0.3, 0.4) is 0 Å². The molecule has 7 heteroatoms. The van der Waals surface area contributed by atoms with Crippen molar-refractivity contribution in [3.63, 3.8) is 0 Å². The van der Waals surface area contributed by atoms with Gasteiger partial charge in [-0.05, 0) is 48.9 Å². The maximum atomic E-state index is 12.8. The topological polar surface area (TPSA) is 54.1 Å². The zero-order valence-corrected chi connectivity index (χ0v) is 14.2.